The van der Waals surface area contributed by atoms with Gasteiger partial charge in [0.05, 0.1) is 42.5 Å². The van der Waals surface area contributed by atoms with Crippen LogP contribution >= 0.6 is 0 Å². The second kappa shape index (κ2) is 8.14. The number of ether oxygens (including phenoxy) is 1. The normalized spacial score (nSPS) is 26.7. The molecule has 0 spiro atoms. The summed E-state index contributed by atoms with van der Waals surface area (Å²) in [6.07, 6.45) is -6.38. The van der Waals surface area contributed by atoms with Crippen LogP contribution in [0.3, 0.4) is 0 Å². The van der Waals surface area contributed by atoms with E-state index in [4.69, 9.17) is 4.74 Å². The largest absolute Gasteiger partial charge is 0.449 e. The summed E-state index contributed by atoms with van der Waals surface area (Å²) in [6, 6.07) is 3.70. The average molecular weight is 428 g/mol. The number of benzene rings is 1. The van der Waals surface area contributed by atoms with Gasteiger partial charge in [-0.15, -0.1) is 0 Å². The van der Waals surface area contributed by atoms with E-state index in [9.17, 15) is 28.2 Å². The lowest BCUT2D eigenvalue weighted by Crippen LogP contribution is -2.55. The molecule has 1 aromatic heterocycles. The number of likely N-dealkylation sites (tertiary alicyclic amines) is 1. The zero-order chi connectivity index (χ0) is 21.5. The maximum absolute atomic E-state index is 13.1. The Kier molecular flexibility index (Phi) is 5.71. The van der Waals surface area contributed by atoms with Crippen LogP contribution in [-0.2, 0) is 10.9 Å². The van der Waals surface area contributed by atoms with E-state index in [-0.39, 0.29) is 42.0 Å². The minimum absolute atomic E-state index is 0.117. The third kappa shape index (κ3) is 4.15. The van der Waals surface area contributed by atoms with Crippen molar-refractivity contribution in [1.82, 2.24) is 19.8 Å². The summed E-state index contributed by atoms with van der Waals surface area (Å²) in [5.41, 5.74) is 0.450. The van der Waals surface area contributed by atoms with E-state index in [1.807, 2.05) is 4.90 Å². The zero-order valence-electron chi connectivity index (χ0n) is 16.1. The number of aromatic nitrogens is 2. The van der Waals surface area contributed by atoms with Crippen molar-refractivity contribution in [2.45, 2.75) is 30.8 Å². The molecule has 2 aromatic rings. The van der Waals surface area contributed by atoms with Crippen molar-refractivity contribution in [2.24, 2.45) is 0 Å². The molecular formula is C19H23F3N4O4. The predicted molar refractivity (Wildman–Crippen MR) is 99.8 cm³/mol. The Morgan fingerprint density at radius 3 is 2.63 bits per heavy atom. The Labute approximate surface area is 170 Å². The maximum atomic E-state index is 13.1. The molecule has 30 heavy (non-hydrogen) atoms. The molecule has 8 nitrogen and oxygen atoms in total. The van der Waals surface area contributed by atoms with Gasteiger partial charge in [0.15, 0.2) is 0 Å². The van der Waals surface area contributed by atoms with Crippen LogP contribution < -0.4 is 0 Å². The van der Waals surface area contributed by atoms with Gasteiger partial charge in [0.25, 0.3) is 5.91 Å². The summed E-state index contributed by atoms with van der Waals surface area (Å²) < 4.78 is 44.0. The van der Waals surface area contributed by atoms with E-state index >= 15 is 0 Å². The van der Waals surface area contributed by atoms with Crippen molar-refractivity contribution in [3.8, 4) is 0 Å². The van der Waals surface area contributed by atoms with Crippen LogP contribution in [0.4, 0.5) is 13.2 Å². The van der Waals surface area contributed by atoms with Crippen molar-refractivity contribution in [3.63, 3.8) is 0 Å². The molecule has 1 amide bonds. The second-order valence-corrected chi connectivity index (χ2v) is 7.63. The van der Waals surface area contributed by atoms with Crippen molar-refractivity contribution >= 4 is 16.9 Å². The van der Waals surface area contributed by atoms with Gasteiger partial charge < -0.3 is 24.8 Å². The fourth-order valence-corrected chi connectivity index (χ4v) is 4.02. The van der Waals surface area contributed by atoms with Gasteiger partial charge in [-0.3, -0.25) is 9.69 Å². The van der Waals surface area contributed by atoms with Crippen molar-refractivity contribution in [2.75, 3.05) is 39.4 Å². The predicted octanol–water partition coefficient (Wildman–Crippen LogP) is 0.850. The van der Waals surface area contributed by atoms with E-state index in [0.717, 1.165) is 0 Å². The Bertz CT molecular complexity index is 913. The highest BCUT2D eigenvalue weighted by molar-refractivity contribution is 5.97. The number of H-pyrrole nitrogens is 1. The summed E-state index contributed by atoms with van der Waals surface area (Å²) in [6.45, 7) is 2.60. The van der Waals surface area contributed by atoms with Crippen LogP contribution in [0.25, 0.3) is 11.0 Å². The summed E-state index contributed by atoms with van der Waals surface area (Å²) in [4.78, 5) is 22.4. The number of hydrogen-bond donors (Lipinski definition) is 3. The number of carbonyl (C=O) groups excluding carboxylic acids is 1. The van der Waals surface area contributed by atoms with Crippen LogP contribution in [0.5, 0.6) is 0 Å². The molecule has 4 rings (SSSR count). The molecular weight excluding hydrogens is 405 g/mol. The highest BCUT2D eigenvalue weighted by Crippen LogP contribution is 2.29. The van der Waals surface area contributed by atoms with Gasteiger partial charge in [-0.1, -0.05) is 0 Å². The first-order valence-corrected chi connectivity index (χ1v) is 9.78. The number of morpholine rings is 1. The number of aliphatic hydroxyl groups excluding tert-OH is 2. The van der Waals surface area contributed by atoms with Crippen LogP contribution in [0.1, 0.15) is 22.6 Å². The smallest absolute Gasteiger partial charge is 0.390 e. The fraction of sp³-hybridized carbons (Fsp3) is 0.579. The lowest BCUT2D eigenvalue weighted by Gasteiger charge is -2.38. The van der Waals surface area contributed by atoms with E-state index in [0.29, 0.717) is 26.3 Å². The Balaban J connectivity index is 1.58. The molecule has 2 aliphatic heterocycles. The topological polar surface area (TPSA) is 102 Å². The number of alkyl halides is 3. The first-order valence-electron chi connectivity index (χ1n) is 9.78. The number of amides is 1. The standard InChI is InChI=1S/C19H23F3N4O4/c20-19(21,22)18-23-12-2-1-11(9-13(12)24-18)17(29)26-4-3-15(27)16(28)14(10-26)25-5-7-30-8-6-25/h1-2,9,14-16,27-28H,3-8,10H2,(H,23,24)/t14-,15-,16+/m1/s1. The number of aromatic amines is 1. The molecule has 164 valence electrons. The van der Waals surface area contributed by atoms with Crippen molar-refractivity contribution in [1.29, 1.82) is 0 Å². The first kappa shape index (κ1) is 21.0. The minimum atomic E-state index is -4.61. The van der Waals surface area contributed by atoms with Gasteiger partial charge in [-0.2, -0.15) is 13.2 Å². The number of carbonyl (C=O) groups is 1. The first-order chi connectivity index (χ1) is 14.2. The third-order valence-corrected chi connectivity index (χ3v) is 5.69. The van der Waals surface area contributed by atoms with Crippen molar-refractivity contribution < 1.29 is 32.9 Å². The average Bonchev–Trinajstić information content (AvgIpc) is 3.11. The molecule has 3 N–H and O–H groups in total. The zero-order valence-corrected chi connectivity index (χ0v) is 16.1. The summed E-state index contributed by atoms with van der Waals surface area (Å²) in [5.74, 6) is -1.49. The molecule has 2 saturated heterocycles. The fourth-order valence-electron chi connectivity index (χ4n) is 4.02. The van der Waals surface area contributed by atoms with E-state index in [2.05, 4.69) is 9.97 Å². The summed E-state index contributed by atoms with van der Waals surface area (Å²) >= 11 is 0. The number of aliphatic hydroxyl groups is 2. The molecule has 1 aromatic carbocycles. The summed E-state index contributed by atoms with van der Waals surface area (Å²) in [7, 11) is 0. The maximum Gasteiger partial charge on any atom is 0.449 e. The van der Waals surface area contributed by atoms with Crippen LogP contribution in [0, 0.1) is 0 Å². The lowest BCUT2D eigenvalue weighted by molar-refractivity contribution is -0.144. The molecule has 3 atom stereocenters. The second-order valence-electron chi connectivity index (χ2n) is 7.63. The van der Waals surface area contributed by atoms with E-state index < -0.39 is 30.3 Å². The number of fused-ring (bicyclic) bond motifs is 1. The van der Waals surface area contributed by atoms with Crippen LogP contribution in [0.15, 0.2) is 18.2 Å². The molecule has 0 bridgehead atoms. The van der Waals surface area contributed by atoms with Gasteiger partial charge in [-0.25, -0.2) is 4.98 Å². The van der Waals surface area contributed by atoms with Crippen LogP contribution in [-0.4, -0.2) is 93.5 Å². The summed E-state index contributed by atoms with van der Waals surface area (Å²) in [5, 5.41) is 20.9. The molecule has 3 heterocycles. The van der Waals surface area contributed by atoms with Gasteiger partial charge >= 0.3 is 6.18 Å². The Morgan fingerprint density at radius 2 is 1.93 bits per heavy atom. The highest BCUT2D eigenvalue weighted by atomic mass is 19.4. The van der Waals surface area contributed by atoms with Crippen LogP contribution in [0.2, 0.25) is 0 Å². The number of nitrogens with zero attached hydrogens (tertiary/aromatic N) is 3. The number of hydrogen-bond acceptors (Lipinski definition) is 6. The van der Waals surface area contributed by atoms with E-state index in [1.54, 1.807) is 0 Å². The molecule has 0 unspecified atom stereocenters. The number of rotatable bonds is 2. The monoisotopic (exact) mass is 428 g/mol. The Hall–Kier alpha value is -2.21. The number of imidazole rings is 1. The molecule has 2 fully saturated rings. The number of nitrogens with one attached hydrogen (secondary N) is 1. The molecule has 2 aliphatic rings. The Morgan fingerprint density at radius 1 is 1.20 bits per heavy atom. The molecule has 0 saturated carbocycles. The van der Waals surface area contributed by atoms with Crippen molar-refractivity contribution in [3.05, 3.63) is 29.6 Å². The van der Waals surface area contributed by atoms with Gasteiger partial charge in [0, 0.05) is 31.7 Å². The minimum Gasteiger partial charge on any atom is -0.390 e. The van der Waals surface area contributed by atoms with Gasteiger partial charge in [-0.05, 0) is 24.6 Å². The third-order valence-electron chi connectivity index (χ3n) is 5.69. The molecule has 0 aliphatic carbocycles. The quantitative estimate of drug-likeness (QED) is 0.656. The number of halogens is 3. The lowest BCUT2D eigenvalue weighted by atomic mass is 10.0. The van der Waals surface area contributed by atoms with E-state index in [1.165, 1.54) is 23.1 Å². The van der Waals surface area contributed by atoms with Gasteiger partial charge in [0.1, 0.15) is 0 Å². The molecule has 0 radical (unpaired) electrons. The SMILES string of the molecule is O=C(c1ccc2nc(C(F)(F)F)[nH]c2c1)N1CC[C@@H](O)[C@@H](O)[C@H](N2CCOCC2)C1. The van der Waals surface area contributed by atoms with Gasteiger partial charge in [0.2, 0.25) is 5.82 Å². The molecule has 11 heteroatoms. The highest BCUT2D eigenvalue weighted by Gasteiger charge is 2.38.